The summed E-state index contributed by atoms with van der Waals surface area (Å²) in [5.41, 5.74) is 6.57. The second kappa shape index (κ2) is 6.81. The molecular weight excluding hydrogens is 276 g/mol. The Morgan fingerprint density at radius 1 is 1.35 bits per heavy atom. The molecule has 2 rings (SSSR count). The Kier molecular flexibility index (Phi) is 4.84. The SMILES string of the molecule is Nc1cnccc1SCCOc1ccccc1C(=O)O. The molecule has 0 bridgehead atoms. The number of carboxylic acids is 1. The molecule has 0 saturated heterocycles. The molecule has 3 N–H and O–H groups in total. The number of hydrogen-bond donors (Lipinski definition) is 2. The van der Waals surface area contributed by atoms with E-state index in [0.717, 1.165) is 4.90 Å². The predicted octanol–water partition coefficient (Wildman–Crippen LogP) is 2.53. The number of aromatic carboxylic acids is 1. The van der Waals surface area contributed by atoms with Crippen LogP contribution in [0.4, 0.5) is 5.69 Å². The van der Waals surface area contributed by atoms with Crippen molar-refractivity contribution in [2.45, 2.75) is 4.90 Å². The minimum atomic E-state index is -0.994. The van der Waals surface area contributed by atoms with Crippen LogP contribution in [0.1, 0.15) is 10.4 Å². The first kappa shape index (κ1) is 14.2. The highest BCUT2D eigenvalue weighted by Gasteiger charge is 2.09. The van der Waals surface area contributed by atoms with Crippen LogP contribution < -0.4 is 10.5 Å². The quantitative estimate of drug-likeness (QED) is 0.628. The van der Waals surface area contributed by atoms with Crippen molar-refractivity contribution in [1.29, 1.82) is 0 Å². The second-order valence-electron chi connectivity index (χ2n) is 3.91. The van der Waals surface area contributed by atoms with Crippen molar-refractivity contribution in [3.05, 3.63) is 48.3 Å². The molecule has 1 heterocycles. The highest BCUT2D eigenvalue weighted by atomic mass is 32.2. The van der Waals surface area contributed by atoms with E-state index in [1.165, 1.54) is 6.07 Å². The third-order valence-electron chi connectivity index (χ3n) is 2.53. The fourth-order valence-corrected chi connectivity index (χ4v) is 2.36. The average Bonchev–Trinajstić information content (AvgIpc) is 2.45. The number of nitrogens with two attached hydrogens (primary N) is 1. The number of pyridine rings is 1. The van der Waals surface area contributed by atoms with Gasteiger partial charge < -0.3 is 15.6 Å². The van der Waals surface area contributed by atoms with Crippen molar-refractivity contribution < 1.29 is 14.6 Å². The molecule has 20 heavy (non-hydrogen) atoms. The molecule has 0 fully saturated rings. The summed E-state index contributed by atoms with van der Waals surface area (Å²) >= 11 is 1.54. The van der Waals surface area contributed by atoms with Gasteiger partial charge in [0, 0.05) is 16.8 Å². The summed E-state index contributed by atoms with van der Waals surface area (Å²) in [5, 5.41) is 9.03. The number of hydrogen-bond acceptors (Lipinski definition) is 5. The zero-order valence-corrected chi connectivity index (χ0v) is 11.5. The van der Waals surface area contributed by atoms with E-state index in [9.17, 15) is 4.79 Å². The van der Waals surface area contributed by atoms with Gasteiger partial charge in [-0.15, -0.1) is 11.8 Å². The Hall–Kier alpha value is -2.21. The molecular formula is C14H14N2O3S. The molecule has 104 valence electrons. The summed E-state index contributed by atoms with van der Waals surface area (Å²) in [6, 6.07) is 8.42. The van der Waals surface area contributed by atoms with Gasteiger partial charge in [0.15, 0.2) is 0 Å². The van der Waals surface area contributed by atoms with Crippen molar-refractivity contribution in [2.24, 2.45) is 0 Å². The lowest BCUT2D eigenvalue weighted by molar-refractivity contribution is 0.0692. The fourth-order valence-electron chi connectivity index (χ4n) is 1.60. The number of aromatic nitrogens is 1. The lowest BCUT2D eigenvalue weighted by atomic mass is 10.2. The van der Waals surface area contributed by atoms with Crippen molar-refractivity contribution >= 4 is 23.4 Å². The Labute approximate surface area is 120 Å². The van der Waals surface area contributed by atoms with Crippen molar-refractivity contribution in [3.63, 3.8) is 0 Å². The summed E-state index contributed by atoms with van der Waals surface area (Å²) in [6.07, 6.45) is 3.28. The van der Waals surface area contributed by atoms with E-state index >= 15 is 0 Å². The van der Waals surface area contributed by atoms with E-state index in [2.05, 4.69) is 4.98 Å². The van der Waals surface area contributed by atoms with E-state index in [-0.39, 0.29) is 5.56 Å². The summed E-state index contributed by atoms with van der Waals surface area (Å²) in [4.78, 5) is 15.9. The van der Waals surface area contributed by atoms with Crippen molar-refractivity contribution in [2.75, 3.05) is 18.1 Å². The fraction of sp³-hybridized carbons (Fsp3) is 0.143. The number of carboxylic acid groups (broad SMARTS) is 1. The van der Waals surface area contributed by atoms with Crippen LogP contribution in [0.15, 0.2) is 47.6 Å². The van der Waals surface area contributed by atoms with Crippen LogP contribution in [0.2, 0.25) is 0 Å². The molecule has 5 nitrogen and oxygen atoms in total. The smallest absolute Gasteiger partial charge is 0.339 e. The van der Waals surface area contributed by atoms with Crippen LogP contribution in [0.5, 0.6) is 5.75 Å². The number of para-hydroxylation sites is 1. The Morgan fingerprint density at radius 3 is 2.90 bits per heavy atom. The van der Waals surface area contributed by atoms with Gasteiger partial charge in [-0.05, 0) is 18.2 Å². The highest BCUT2D eigenvalue weighted by molar-refractivity contribution is 7.99. The van der Waals surface area contributed by atoms with Crippen LogP contribution in [0.25, 0.3) is 0 Å². The second-order valence-corrected chi connectivity index (χ2v) is 5.05. The summed E-state index contributed by atoms with van der Waals surface area (Å²) in [6.45, 7) is 0.400. The maximum absolute atomic E-state index is 11.0. The maximum Gasteiger partial charge on any atom is 0.339 e. The maximum atomic E-state index is 11.0. The molecule has 0 aliphatic carbocycles. The number of nitrogens with zero attached hydrogens (tertiary/aromatic N) is 1. The Morgan fingerprint density at radius 2 is 2.15 bits per heavy atom. The summed E-state index contributed by atoms with van der Waals surface area (Å²) in [7, 11) is 0. The lowest BCUT2D eigenvalue weighted by Gasteiger charge is -2.09. The van der Waals surface area contributed by atoms with Gasteiger partial charge >= 0.3 is 5.97 Å². The topological polar surface area (TPSA) is 85.4 Å². The van der Waals surface area contributed by atoms with Crippen LogP contribution >= 0.6 is 11.8 Å². The van der Waals surface area contributed by atoms with Gasteiger partial charge in [0.25, 0.3) is 0 Å². The first-order chi connectivity index (χ1) is 9.68. The van der Waals surface area contributed by atoms with Crippen LogP contribution in [0.3, 0.4) is 0 Å². The largest absolute Gasteiger partial charge is 0.492 e. The Bertz CT molecular complexity index is 604. The van der Waals surface area contributed by atoms with E-state index < -0.39 is 5.97 Å². The summed E-state index contributed by atoms with van der Waals surface area (Å²) in [5.74, 6) is 0.0530. The predicted molar refractivity (Wildman–Crippen MR) is 78.3 cm³/mol. The third-order valence-corrected chi connectivity index (χ3v) is 3.58. The van der Waals surface area contributed by atoms with Crippen LogP contribution in [0, 0.1) is 0 Å². The lowest BCUT2D eigenvalue weighted by Crippen LogP contribution is -2.06. The first-order valence-corrected chi connectivity index (χ1v) is 6.94. The molecule has 0 spiro atoms. The molecule has 0 aliphatic heterocycles. The number of anilines is 1. The van der Waals surface area contributed by atoms with Gasteiger partial charge in [-0.25, -0.2) is 4.79 Å². The van der Waals surface area contributed by atoms with Crippen molar-refractivity contribution in [1.82, 2.24) is 4.98 Å². The van der Waals surface area contributed by atoms with Gasteiger partial charge in [-0.1, -0.05) is 12.1 Å². The zero-order valence-electron chi connectivity index (χ0n) is 10.7. The average molecular weight is 290 g/mol. The molecule has 0 radical (unpaired) electrons. The number of thioether (sulfide) groups is 1. The van der Waals surface area contributed by atoms with E-state index in [4.69, 9.17) is 15.6 Å². The number of ether oxygens (including phenoxy) is 1. The van der Waals surface area contributed by atoms with Gasteiger partial charge in [-0.2, -0.15) is 0 Å². The molecule has 0 atom stereocenters. The molecule has 0 amide bonds. The van der Waals surface area contributed by atoms with Gasteiger partial charge in [0.2, 0.25) is 0 Å². The molecule has 1 aromatic heterocycles. The zero-order chi connectivity index (χ0) is 14.4. The molecule has 6 heteroatoms. The monoisotopic (exact) mass is 290 g/mol. The summed E-state index contributed by atoms with van der Waals surface area (Å²) < 4.78 is 5.50. The van der Waals surface area contributed by atoms with Crippen molar-refractivity contribution in [3.8, 4) is 5.75 Å². The van der Waals surface area contributed by atoms with Crippen LogP contribution in [-0.2, 0) is 0 Å². The molecule has 1 aromatic carbocycles. The number of carbonyl (C=O) groups is 1. The van der Waals surface area contributed by atoms with Gasteiger partial charge in [0.1, 0.15) is 11.3 Å². The molecule has 2 aromatic rings. The third kappa shape index (κ3) is 3.64. The van der Waals surface area contributed by atoms with Crippen LogP contribution in [-0.4, -0.2) is 28.4 Å². The molecule has 0 unspecified atom stereocenters. The first-order valence-electron chi connectivity index (χ1n) is 5.96. The van der Waals surface area contributed by atoms with Gasteiger partial charge in [-0.3, -0.25) is 4.98 Å². The number of rotatable bonds is 6. The molecule has 0 saturated carbocycles. The van der Waals surface area contributed by atoms with E-state index in [1.54, 1.807) is 42.4 Å². The standard InChI is InChI=1S/C14H14N2O3S/c15-11-9-16-6-5-13(11)20-8-7-19-12-4-2-1-3-10(12)14(17)18/h1-6,9H,7-8,15H2,(H,17,18). The number of benzene rings is 1. The number of nitrogen functional groups attached to an aromatic ring is 1. The Balaban J connectivity index is 1.88. The highest BCUT2D eigenvalue weighted by Crippen LogP contribution is 2.24. The minimum absolute atomic E-state index is 0.168. The molecule has 0 aliphatic rings. The van der Waals surface area contributed by atoms with E-state index in [1.807, 2.05) is 6.07 Å². The van der Waals surface area contributed by atoms with E-state index in [0.29, 0.717) is 23.8 Å². The van der Waals surface area contributed by atoms with Gasteiger partial charge in [0.05, 0.1) is 18.5 Å². The minimum Gasteiger partial charge on any atom is -0.492 e. The normalized spacial score (nSPS) is 10.2.